The third-order valence-corrected chi connectivity index (χ3v) is 3.59. The maximum absolute atomic E-state index is 12.9. The summed E-state index contributed by atoms with van der Waals surface area (Å²) in [6.07, 6.45) is 0. The molecule has 3 aromatic rings. The van der Waals surface area contributed by atoms with Gasteiger partial charge in [-0.25, -0.2) is 4.39 Å². The molecule has 0 aliphatic rings. The molecule has 3 rings (SSSR count). The Bertz CT molecular complexity index is 859. The van der Waals surface area contributed by atoms with Gasteiger partial charge in [-0.1, -0.05) is 0 Å². The van der Waals surface area contributed by atoms with Gasteiger partial charge in [0.25, 0.3) is 5.91 Å². The minimum atomic E-state index is -0.377. The van der Waals surface area contributed by atoms with Gasteiger partial charge in [0.05, 0.1) is 6.61 Å². The van der Waals surface area contributed by atoms with Crippen LogP contribution in [0.4, 0.5) is 10.1 Å². The van der Waals surface area contributed by atoms with Gasteiger partial charge in [0.2, 0.25) is 0 Å². The smallest absolute Gasteiger partial charge is 0.255 e. The molecule has 132 valence electrons. The number of hydrogen-bond acceptors (Lipinski definition) is 3. The zero-order valence-corrected chi connectivity index (χ0v) is 14.2. The number of rotatable bonds is 6. The van der Waals surface area contributed by atoms with E-state index in [4.69, 9.17) is 9.47 Å². The quantitative estimate of drug-likeness (QED) is 0.658. The molecule has 0 aromatic heterocycles. The number of halogens is 1. The van der Waals surface area contributed by atoms with Gasteiger partial charge in [-0.3, -0.25) is 4.79 Å². The van der Waals surface area contributed by atoms with Crippen LogP contribution >= 0.6 is 0 Å². The molecule has 0 aliphatic carbocycles. The van der Waals surface area contributed by atoms with Gasteiger partial charge in [0.15, 0.2) is 0 Å². The van der Waals surface area contributed by atoms with Crippen LogP contribution in [0.1, 0.15) is 17.3 Å². The van der Waals surface area contributed by atoms with E-state index in [1.165, 1.54) is 24.3 Å². The molecule has 26 heavy (non-hydrogen) atoms. The summed E-state index contributed by atoms with van der Waals surface area (Å²) in [6.45, 7) is 2.55. The highest BCUT2D eigenvalue weighted by atomic mass is 19.1. The first-order chi connectivity index (χ1) is 12.6. The Morgan fingerprint density at radius 3 is 1.96 bits per heavy atom. The Balaban J connectivity index is 1.61. The van der Waals surface area contributed by atoms with Crippen molar-refractivity contribution in [2.75, 3.05) is 11.9 Å². The molecule has 0 radical (unpaired) electrons. The lowest BCUT2D eigenvalue weighted by atomic mass is 10.2. The molecule has 0 saturated carbocycles. The summed E-state index contributed by atoms with van der Waals surface area (Å²) in [4.78, 5) is 12.1. The average Bonchev–Trinajstić information content (AvgIpc) is 2.66. The van der Waals surface area contributed by atoms with Crippen LogP contribution < -0.4 is 14.8 Å². The molecule has 5 heteroatoms. The number of nitrogens with one attached hydrogen (secondary N) is 1. The van der Waals surface area contributed by atoms with Gasteiger partial charge in [-0.15, -0.1) is 0 Å². The molecule has 0 aliphatic heterocycles. The third-order valence-electron chi connectivity index (χ3n) is 3.59. The normalized spacial score (nSPS) is 10.2. The molecule has 4 nitrogen and oxygen atoms in total. The highest BCUT2D eigenvalue weighted by Gasteiger charge is 2.06. The molecule has 0 atom stereocenters. The highest BCUT2D eigenvalue weighted by molar-refractivity contribution is 6.04. The molecule has 0 unspecified atom stereocenters. The van der Waals surface area contributed by atoms with Crippen LogP contribution in [0.25, 0.3) is 0 Å². The lowest BCUT2D eigenvalue weighted by Crippen LogP contribution is -2.11. The monoisotopic (exact) mass is 351 g/mol. The molecular weight excluding hydrogens is 333 g/mol. The molecule has 1 amide bonds. The van der Waals surface area contributed by atoms with E-state index in [0.29, 0.717) is 29.4 Å². The van der Waals surface area contributed by atoms with E-state index in [9.17, 15) is 9.18 Å². The Morgan fingerprint density at radius 2 is 1.38 bits per heavy atom. The predicted molar refractivity (Wildman–Crippen MR) is 98.5 cm³/mol. The van der Waals surface area contributed by atoms with Crippen molar-refractivity contribution in [3.63, 3.8) is 0 Å². The average molecular weight is 351 g/mol. The maximum atomic E-state index is 12.9. The maximum Gasteiger partial charge on any atom is 0.255 e. The number of anilines is 1. The standard InChI is InChI=1S/C21H18FNO3/c1-2-25-18-11-13-20(14-12-18)26-19-9-7-17(8-10-19)23-21(24)15-3-5-16(22)6-4-15/h3-14H,2H2,1H3,(H,23,24). The molecule has 0 heterocycles. The molecule has 0 bridgehead atoms. The minimum absolute atomic E-state index is 0.301. The van der Waals surface area contributed by atoms with Crippen LogP contribution in [0.15, 0.2) is 72.8 Å². The van der Waals surface area contributed by atoms with Crippen molar-refractivity contribution in [3.05, 3.63) is 84.2 Å². The molecule has 0 saturated heterocycles. The second-order valence-electron chi connectivity index (χ2n) is 5.49. The molecule has 3 aromatic carbocycles. The summed E-state index contributed by atoms with van der Waals surface area (Å²) >= 11 is 0. The summed E-state index contributed by atoms with van der Waals surface area (Å²) in [6, 6.07) is 19.7. The largest absolute Gasteiger partial charge is 0.494 e. The van der Waals surface area contributed by atoms with Crippen LogP contribution in [0.3, 0.4) is 0 Å². The summed E-state index contributed by atoms with van der Waals surface area (Å²) in [5, 5.41) is 2.76. The second-order valence-corrected chi connectivity index (χ2v) is 5.49. The summed E-state index contributed by atoms with van der Waals surface area (Å²) < 4.78 is 24.1. The van der Waals surface area contributed by atoms with Gasteiger partial charge in [-0.2, -0.15) is 0 Å². The Kier molecular flexibility index (Phi) is 5.49. The van der Waals surface area contributed by atoms with Crippen molar-refractivity contribution in [1.29, 1.82) is 0 Å². The van der Waals surface area contributed by atoms with Gasteiger partial charge in [0, 0.05) is 11.3 Å². The number of carbonyl (C=O) groups excluding carboxylic acids is 1. The fourth-order valence-corrected chi connectivity index (χ4v) is 2.32. The van der Waals surface area contributed by atoms with Gasteiger partial charge < -0.3 is 14.8 Å². The van der Waals surface area contributed by atoms with E-state index in [-0.39, 0.29) is 11.7 Å². The molecule has 0 spiro atoms. The first kappa shape index (κ1) is 17.5. The first-order valence-corrected chi connectivity index (χ1v) is 8.22. The highest BCUT2D eigenvalue weighted by Crippen LogP contribution is 2.25. The Hall–Kier alpha value is -3.34. The van der Waals surface area contributed by atoms with E-state index in [2.05, 4.69) is 5.32 Å². The van der Waals surface area contributed by atoms with Crippen molar-refractivity contribution in [2.45, 2.75) is 6.92 Å². The topological polar surface area (TPSA) is 47.6 Å². The third kappa shape index (κ3) is 4.60. The van der Waals surface area contributed by atoms with E-state index in [1.807, 2.05) is 31.2 Å². The van der Waals surface area contributed by atoms with Crippen LogP contribution in [0.5, 0.6) is 17.2 Å². The van der Waals surface area contributed by atoms with Crippen LogP contribution in [-0.4, -0.2) is 12.5 Å². The predicted octanol–water partition coefficient (Wildman–Crippen LogP) is 5.27. The SMILES string of the molecule is CCOc1ccc(Oc2ccc(NC(=O)c3ccc(F)cc3)cc2)cc1. The number of benzene rings is 3. The summed E-state index contributed by atoms with van der Waals surface area (Å²) in [7, 11) is 0. The number of carbonyl (C=O) groups is 1. The van der Waals surface area contributed by atoms with E-state index >= 15 is 0 Å². The van der Waals surface area contributed by atoms with Gasteiger partial charge in [-0.05, 0) is 79.7 Å². The summed E-state index contributed by atoms with van der Waals surface area (Å²) in [5.41, 5.74) is 1.01. The second kappa shape index (κ2) is 8.16. The summed E-state index contributed by atoms with van der Waals surface area (Å²) in [5.74, 6) is 1.45. The molecule has 1 N–H and O–H groups in total. The molecular formula is C21H18FNO3. The van der Waals surface area contributed by atoms with Gasteiger partial charge >= 0.3 is 0 Å². The van der Waals surface area contributed by atoms with Crippen molar-refractivity contribution in [2.24, 2.45) is 0 Å². The zero-order chi connectivity index (χ0) is 18.4. The van der Waals surface area contributed by atoms with Crippen LogP contribution in [-0.2, 0) is 0 Å². The zero-order valence-electron chi connectivity index (χ0n) is 14.2. The van der Waals surface area contributed by atoms with E-state index < -0.39 is 0 Å². The van der Waals surface area contributed by atoms with Crippen molar-refractivity contribution in [1.82, 2.24) is 0 Å². The van der Waals surface area contributed by atoms with E-state index in [0.717, 1.165) is 5.75 Å². The Labute approximate surface area is 151 Å². The van der Waals surface area contributed by atoms with E-state index in [1.54, 1.807) is 24.3 Å². The van der Waals surface area contributed by atoms with Gasteiger partial charge in [0.1, 0.15) is 23.1 Å². The fourth-order valence-electron chi connectivity index (χ4n) is 2.32. The Morgan fingerprint density at radius 1 is 0.846 bits per heavy atom. The first-order valence-electron chi connectivity index (χ1n) is 8.22. The van der Waals surface area contributed by atoms with Crippen LogP contribution in [0.2, 0.25) is 0 Å². The lowest BCUT2D eigenvalue weighted by molar-refractivity contribution is 0.102. The van der Waals surface area contributed by atoms with Crippen molar-refractivity contribution < 1.29 is 18.7 Å². The number of ether oxygens (including phenoxy) is 2. The minimum Gasteiger partial charge on any atom is -0.494 e. The van der Waals surface area contributed by atoms with Crippen molar-refractivity contribution >= 4 is 11.6 Å². The molecule has 0 fully saturated rings. The number of amides is 1. The lowest BCUT2D eigenvalue weighted by Gasteiger charge is -2.09. The number of hydrogen-bond donors (Lipinski definition) is 1. The fraction of sp³-hybridized carbons (Fsp3) is 0.0952. The van der Waals surface area contributed by atoms with Crippen molar-refractivity contribution in [3.8, 4) is 17.2 Å². The van der Waals surface area contributed by atoms with Crippen LogP contribution in [0, 0.1) is 5.82 Å².